The molecule has 1 amide bonds. The van der Waals surface area contributed by atoms with Crippen LogP contribution in [0.4, 0.5) is 0 Å². The molecule has 0 spiro atoms. The molecule has 1 fully saturated rings. The second-order valence-electron chi connectivity index (χ2n) is 5.26. The molecule has 100 valence electrons. The van der Waals surface area contributed by atoms with E-state index in [9.17, 15) is 4.79 Å². The molecule has 1 aromatic rings. The van der Waals surface area contributed by atoms with E-state index in [1.165, 1.54) is 0 Å². The summed E-state index contributed by atoms with van der Waals surface area (Å²) in [4.78, 5) is 12.3. The summed E-state index contributed by atoms with van der Waals surface area (Å²) in [7, 11) is 0. The van der Waals surface area contributed by atoms with Crippen molar-refractivity contribution < 1.29 is 9.21 Å². The highest BCUT2D eigenvalue weighted by Gasteiger charge is 2.24. The quantitative estimate of drug-likeness (QED) is 0.845. The maximum atomic E-state index is 12.3. The Morgan fingerprint density at radius 2 is 2.06 bits per heavy atom. The van der Waals surface area contributed by atoms with Crippen LogP contribution in [0.2, 0.25) is 0 Å². The van der Waals surface area contributed by atoms with Crippen molar-refractivity contribution in [2.45, 2.75) is 52.6 Å². The van der Waals surface area contributed by atoms with Crippen molar-refractivity contribution in [2.75, 3.05) is 6.54 Å². The number of hydrogen-bond donors (Lipinski definition) is 2. The molecule has 1 aliphatic heterocycles. The fourth-order valence-corrected chi connectivity index (χ4v) is 2.65. The molecule has 2 N–H and O–H groups in total. The molecular weight excluding hydrogens is 228 g/mol. The van der Waals surface area contributed by atoms with E-state index < -0.39 is 0 Å². The summed E-state index contributed by atoms with van der Waals surface area (Å²) in [5.41, 5.74) is 1.66. The smallest absolute Gasteiger partial charge is 0.255 e. The van der Waals surface area contributed by atoms with Gasteiger partial charge in [0.25, 0.3) is 5.91 Å². The Morgan fingerprint density at radius 3 is 2.61 bits per heavy atom. The summed E-state index contributed by atoms with van der Waals surface area (Å²) in [5.74, 6) is 1.54. The van der Waals surface area contributed by atoms with E-state index in [2.05, 4.69) is 17.6 Å². The van der Waals surface area contributed by atoms with Crippen LogP contribution in [-0.4, -0.2) is 24.5 Å². The maximum Gasteiger partial charge on any atom is 0.255 e. The normalized spacial score (nSPS) is 24.0. The highest BCUT2D eigenvalue weighted by Crippen LogP contribution is 2.21. The molecule has 0 aliphatic carbocycles. The molecule has 18 heavy (non-hydrogen) atoms. The van der Waals surface area contributed by atoms with Crippen molar-refractivity contribution in [2.24, 2.45) is 0 Å². The first kappa shape index (κ1) is 13.1. The number of aryl methyl sites for hydroxylation is 2. The van der Waals surface area contributed by atoms with Gasteiger partial charge in [-0.2, -0.15) is 0 Å². The van der Waals surface area contributed by atoms with Crippen molar-refractivity contribution in [1.82, 2.24) is 10.6 Å². The third-order valence-electron chi connectivity index (χ3n) is 3.75. The number of amides is 1. The zero-order chi connectivity index (χ0) is 13.3. The van der Waals surface area contributed by atoms with Gasteiger partial charge in [0, 0.05) is 17.6 Å². The van der Waals surface area contributed by atoms with E-state index in [0.717, 1.165) is 30.7 Å². The summed E-state index contributed by atoms with van der Waals surface area (Å²) in [6.45, 7) is 8.79. The molecule has 2 unspecified atom stereocenters. The third kappa shape index (κ3) is 2.58. The number of hydrogen-bond acceptors (Lipinski definition) is 3. The third-order valence-corrected chi connectivity index (χ3v) is 3.75. The number of rotatable bonds is 2. The van der Waals surface area contributed by atoms with Crippen LogP contribution in [-0.2, 0) is 0 Å². The van der Waals surface area contributed by atoms with Gasteiger partial charge in [-0.05, 0) is 47.1 Å². The molecular formula is C14H22N2O2. The molecule has 4 heteroatoms. The van der Waals surface area contributed by atoms with Crippen molar-refractivity contribution in [1.29, 1.82) is 0 Å². The minimum absolute atomic E-state index is 0.000880. The Morgan fingerprint density at radius 1 is 1.33 bits per heavy atom. The van der Waals surface area contributed by atoms with Crippen molar-refractivity contribution in [3.63, 3.8) is 0 Å². The van der Waals surface area contributed by atoms with Gasteiger partial charge >= 0.3 is 0 Å². The Hall–Kier alpha value is -1.29. The van der Waals surface area contributed by atoms with Gasteiger partial charge in [0.05, 0.1) is 5.56 Å². The second kappa shape index (κ2) is 5.14. The van der Waals surface area contributed by atoms with Crippen molar-refractivity contribution >= 4 is 5.91 Å². The summed E-state index contributed by atoms with van der Waals surface area (Å²) in [6.07, 6.45) is 1.98. The fourth-order valence-electron chi connectivity index (χ4n) is 2.65. The summed E-state index contributed by atoms with van der Waals surface area (Å²) in [6, 6.07) is 0.736. The monoisotopic (exact) mass is 250 g/mol. The molecule has 1 saturated heterocycles. The van der Waals surface area contributed by atoms with Crippen molar-refractivity contribution in [3.8, 4) is 0 Å². The zero-order valence-corrected chi connectivity index (χ0v) is 11.6. The van der Waals surface area contributed by atoms with Crippen LogP contribution in [0, 0.1) is 20.8 Å². The van der Waals surface area contributed by atoms with Crippen LogP contribution < -0.4 is 10.6 Å². The lowest BCUT2D eigenvalue weighted by molar-refractivity contribution is 0.0923. The predicted octanol–water partition coefficient (Wildman–Crippen LogP) is 2.08. The lowest BCUT2D eigenvalue weighted by Gasteiger charge is -2.28. The second-order valence-corrected chi connectivity index (χ2v) is 5.26. The lowest BCUT2D eigenvalue weighted by atomic mass is 10.00. The van der Waals surface area contributed by atoms with E-state index in [0.29, 0.717) is 17.4 Å². The average molecular weight is 250 g/mol. The first-order valence-corrected chi connectivity index (χ1v) is 6.60. The number of carbonyl (C=O) groups excluding carboxylic acids is 1. The van der Waals surface area contributed by atoms with Crippen LogP contribution in [0.3, 0.4) is 0 Å². The Kier molecular flexibility index (Phi) is 3.76. The highest BCUT2D eigenvalue weighted by molar-refractivity contribution is 5.97. The molecule has 1 aliphatic rings. The molecule has 0 aromatic carbocycles. The minimum Gasteiger partial charge on any atom is -0.466 e. The van der Waals surface area contributed by atoms with E-state index in [4.69, 9.17) is 4.42 Å². The molecule has 1 aromatic heterocycles. The van der Waals surface area contributed by atoms with Crippen LogP contribution in [0.15, 0.2) is 4.42 Å². The number of carbonyl (C=O) groups is 1. The largest absolute Gasteiger partial charge is 0.466 e. The predicted molar refractivity (Wildman–Crippen MR) is 70.9 cm³/mol. The summed E-state index contributed by atoms with van der Waals surface area (Å²) in [5, 5.41) is 6.50. The van der Waals surface area contributed by atoms with Crippen molar-refractivity contribution in [3.05, 3.63) is 22.6 Å². The SMILES string of the molecule is Cc1oc(C)c(C(=O)NC2CCNC(C)C2)c1C. The fraction of sp³-hybridized carbons (Fsp3) is 0.643. The molecule has 0 radical (unpaired) electrons. The molecule has 0 bridgehead atoms. The summed E-state index contributed by atoms with van der Waals surface area (Å²) >= 11 is 0. The number of nitrogens with one attached hydrogen (secondary N) is 2. The van der Waals surface area contributed by atoms with E-state index in [1.807, 2.05) is 20.8 Å². The van der Waals surface area contributed by atoms with Gasteiger partial charge in [-0.15, -0.1) is 0 Å². The number of furan rings is 1. The zero-order valence-electron chi connectivity index (χ0n) is 11.6. The first-order valence-electron chi connectivity index (χ1n) is 6.60. The summed E-state index contributed by atoms with van der Waals surface area (Å²) < 4.78 is 5.50. The van der Waals surface area contributed by atoms with E-state index >= 15 is 0 Å². The standard InChI is InChI=1S/C14H22N2O2/c1-8-7-12(5-6-15-8)16-14(17)13-9(2)10(3)18-11(13)4/h8,12,15H,5-7H2,1-4H3,(H,16,17). The van der Waals surface area contributed by atoms with E-state index in [1.54, 1.807) is 0 Å². The molecule has 2 heterocycles. The average Bonchev–Trinajstić information content (AvgIpc) is 2.53. The van der Waals surface area contributed by atoms with Gasteiger partial charge < -0.3 is 15.1 Å². The Balaban J connectivity index is 2.07. The van der Waals surface area contributed by atoms with Crippen LogP contribution >= 0.6 is 0 Å². The molecule has 4 nitrogen and oxygen atoms in total. The molecule has 2 atom stereocenters. The van der Waals surface area contributed by atoms with Crippen LogP contribution in [0.1, 0.15) is 47.2 Å². The van der Waals surface area contributed by atoms with Gasteiger partial charge in [-0.25, -0.2) is 0 Å². The van der Waals surface area contributed by atoms with Gasteiger partial charge in [-0.3, -0.25) is 4.79 Å². The highest BCUT2D eigenvalue weighted by atomic mass is 16.3. The van der Waals surface area contributed by atoms with Gasteiger partial charge in [0.1, 0.15) is 11.5 Å². The van der Waals surface area contributed by atoms with E-state index in [-0.39, 0.29) is 11.9 Å². The van der Waals surface area contributed by atoms with Crippen LogP contribution in [0.25, 0.3) is 0 Å². The first-order chi connectivity index (χ1) is 8.49. The van der Waals surface area contributed by atoms with Gasteiger partial charge in [0.2, 0.25) is 0 Å². The lowest BCUT2D eigenvalue weighted by Crippen LogP contribution is -2.46. The number of piperidine rings is 1. The molecule has 2 rings (SSSR count). The topological polar surface area (TPSA) is 54.3 Å². The van der Waals surface area contributed by atoms with Gasteiger partial charge in [-0.1, -0.05) is 0 Å². The minimum atomic E-state index is 0.000880. The maximum absolute atomic E-state index is 12.3. The Labute approximate surface area is 108 Å². The Bertz CT molecular complexity index is 451. The van der Waals surface area contributed by atoms with Gasteiger partial charge in [0.15, 0.2) is 0 Å². The van der Waals surface area contributed by atoms with Crippen LogP contribution in [0.5, 0.6) is 0 Å². The molecule has 0 saturated carbocycles.